The van der Waals surface area contributed by atoms with Gasteiger partial charge in [-0.3, -0.25) is 0 Å². The highest BCUT2D eigenvalue weighted by molar-refractivity contribution is 7.89. The highest BCUT2D eigenvalue weighted by Gasteiger charge is 2.36. The third-order valence-corrected chi connectivity index (χ3v) is 5.32. The monoisotopic (exact) mass is 286 g/mol. The first-order valence-electron chi connectivity index (χ1n) is 6.71. The second-order valence-corrected chi connectivity index (χ2v) is 7.24. The van der Waals surface area contributed by atoms with Gasteiger partial charge in [0.1, 0.15) is 5.76 Å². The minimum atomic E-state index is -3.48. The Morgan fingerprint density at radius 3 is 2.74 bits per heavy atom. The van der Waals surface area contributed by atoms with Gasteiger partial charge in [-0.1, -0.05) is 13.8 Å². The molecule has 6 heteroatoms. The fourth-order valence-corrected chi connectivity index (χ4v) is 3.22. The molecule has 1 N–H and O–H groups in total. The Kier molecular flexibility index (Phi) is 4.32. The highest BCUT2D eigenvalue weighted by atomic mass is 32.2. The van der Waals surface area contributed by atoms with Crippen molar-refractivity contribution in [3.63, 3.8) is 0 Å². The zero-order chi connectivity index (χ0) is 14.0. The van der Waals surface area contributed by atoms with Crippen LogP contribution in [0.5, 0.6) is 0 Å². The molecule has 2 atom stereocenters. The molecule has 1 heterocycles. The molecule has 1 aromatic rings. The molecule has 0 aromatic carbocycles. The zero-order valence-corrected chi connectivity index (χ0v) is 12.5. The molecular weight excluding hydrogens is 264 g/mol. The van der Waals surface area contributed by atoms with Gasteiger partial charge < -0.3 is 9.73 Å². The molecule has 1 fully saturated rings. The minimum absolute atomic E-state index is 0.0382. The Balaban J connectivity index is 2.03. The lowest BCUT2D eigenvalue weighted by atomic mass is 10.3. The summed E-state index contributed by atoms with van der Waals surface area (Å²) in [7, 11) is -1.86. The van der Waals surface area contributed by atoms with Crippen molar-refractivity contribution >= 4 is 10.0 Å². The number of rotatable bonds is 7. The smallest absolute Gasteiger partial charge is 0.276 e. The summed E-state index contributed by atoms with van der Waals surface area (Å²) >= 11 is 0. The van der Waals surface area contributed by atoms with Crippen molar-refractivity contribution in [3.05, 3.63) is 17.9 Å². The number of sulfonamides is 1. The fraction of sp³-hybridized carbons (Fsp3) is 0.692. The van der Waals surface area contributed by atoms with Crippen molar-refractivity contribution in [2.24, 2.45) is 11.8 Å². The van der Waals surface area contributed by atoms with Gasteiger partial charge in [-0.15, -0.1) is 0 Å². The average molecular weight is 286 g/mol. The van der Waals surface area contributed by atoms with Crippen molar-refractivity contribution in [3.8, 4) is 0 Å². The molecule has 2 rings (SSSR count). The fourth-order valence-electron chi connectivity index (χ4n) is 2.08. The number of nitrogens with zero attached hydrogens (tertiary/aromatic N) is 1. The predicted octanol–water partition coefficient (Wildman–Crippen LogP) is 1.67. The molecule has 1 aliphatic carbocycles. The van der Waals surface area contributed by atoms with Crippen LogP contribution >= 0.6 is 0 Å². The summed E-state index contributed by atoms with van der Waals surface area (Å²) in [5.74, 6) is 1.78. The summed E-state index contributed by atoms with van der Waals surface area (Å²) in [6.45, 7) is 6.09. The van der Waals surface area contributed by atoms with Gasteiger partial charge in [0.15, 0.2) is 0 Å². The Morgan fingerprint density at radius 2 is 2.16 bits per heavy atom. The summed E-state index contributed by atoms with van der Waals surface area (Å²) in [5, 5.41) is 3.14. The number of hydrogen-bond donors (Lipinski definition) is 1. The first-order valence-corrected chi connectivity index (χ1v) is 8.15. The highest BCUT2D eigenvalue weighted by Crippen LogP contribution is 2.38. The van der Waals surface area contributed by atoms with E-state index in [-0.39, 0.29) is 5.09 Å². The summed E-state index contributed by atoms with van der Waals surface area (Å²) < 4.78 is 31.4. The molecule has 1 aromatic heterocycles. The summed E-state index contributed by atoms with van der Waals surface area (Å²) in [6, 6.07) is 3.25. The number of nitrogens with one attached hydrogen (secondary N) is 1. The van der Waals surface area contributed by atoms with Crippen LogP contribution in [0.4, 0.5) is 0 Å². The maximum Gasteiger partial charge on any atom is 0.276 e. The van der Waals surface area contributed by atoms with Gasteiger partial charge in [0.2, 0.25) is 5.09 Å². The minimum Gasteiger partial charge on any atom is -0.447 e. The SMILES string of the molecule is CCNCc1ccc(S(=O)(=O)N(C)CC2CC2C)o1. The maximum absolute atomic E-state index is 12.3. The van der Waals surface area contributed by atoms with E-state index < -0.39 is 10.0 Å². The van der Waals surface area contributed by atoms with Crippen molar-refractivity contribution in [2.45, 2.75) is 31.9 Å². The van der Waals surface area contributed by atoms with E-state index in [9.17, 15) is 8.42 Å². The lowest BCUT2D eigenvalue weighted by Crippen LogP contribution is -2.29. The quantitative estimate of drug-likeness (QED) is 0.828. The van der Waals surface area contributed by atoms with E-state index in [1.54, 1.807) is 13.1 Å². The second-order valence-electron chi connectivity index (χ2n) is 5.26. The Hall–Kier alpha value is -0.850. The molecule has 5 nitrogen and oxygen atoms in total. The topological polar surface area (TPSA) is 62.6 Å². The second kappa shape index (κ2) is 5.64. The lowest BCUT2D eigenvalue weighted by molar-refractivity contribution is 0.376. The molecule has 0 saturated heterocycles. The molecule has 0 bridgehead atoms. The molecular formula is C13H22N2O3S. The third kappa shape index (κ3) is 3.38. The van der Waals surface area contributed by atoms with Crippen LogP contribution in [0.2, 0.25) is 0 Å². The van der Waals surface area contributed by atoms with Crippen LogP contribution in [0, 0.1) is 11.8 Å². The van der Waals surface area contributed by atoms with E-state index in [1.807, 2.05) is 6.92 Å². The van der Waals surface area contributed by atoms with Crippen molar-refractivity contribution in [1.82, 2.24) is 9.62 Å². The zero-order valence-electron chi connectivity index (χ0n) is 11.7. The predicted molar refractivity (Wildman–Crippen MR) is 73.2 cm³/mol. The number of furan rings is 1. The molecule has 0 aliphatic heterocycles. The van der Waals surface area contributed by atoms with Crippen LogP contribution in [0.1, 0.15) is 26.0 Å². The Labute approximate surface area is 115 Å². The van der Waals surface area contributed by atoms with Crippen molar-refractivity contribution in [1.29, 1.82) is 0 Å². The van der Waals surface area contributed by atoms with Crippen LogP contribution < -0.4 is 5.32 Å². The summed E-state index contributed by atoms with van der Waals surface area (Å²) in [4.78, 5) is 0. The maximum atomic E-state index is 12.3. The molecule has 1 saturated carbocycles. The van der Waals surface area contributed by atoms with E-state index in [1.165, 1.54) is 10.4 Å². The lowest BCUT2D eigenvalue weighted by Gasteiger charge is -2.15. The molecule has 0 spiro atoms. The van der Waals surface area contributed by atoms with Gasteiger partial charge >= 0.3 is 0 Å². The van der Waals surface area contributed by atoms with Crippen LogP contribution in [0.15, 0.2) is 21.6 Å². The van der Waals surface area contributed by atoms with E-state index in [4.69, 9.17) is 4.42 Å². The average Bonchev–Trinajstić information content (AvgIpc) is 2.88. The van der Waals surface area contributed by atoms with E-state index in [2.05, 4.69) is 12.2 Å². The normalized spacial score (nSPS) is 22.9. The van der Waals surface area contributed by atoms with E-state index >= 15 is 0 Å². The molecule has 19 heavy (non-hydrogen) atoms. The van der Waals surface area contributed by atoms with Crippen LogP contribution in [-0.4, -0.2) is 32.9 Å². The first-order chi connectivity index (χ1) is 8.95. The summed E-state index contributed by atoms with van der Waals surface area (Å²) in [5.41, 5.74) is 0. The number of hydrogen-bond acceptors (Lipinski definition) is 4. The van der Waals surface area contributed by atoms with E-state index in [0.717, 1.165) is 13.0 Å². The largest absolute Gasteiger partial charge is 0.447 e. The molecule has 108 valence electrons. The summed E-state index contributed by atoms with van der Waals surface area (Å²) in [6.07, 6.45) is 1.11. The van der Waals surface area contributed by atoms with Gasteiger partial charge in [-0.05, 0) is 36.9 Å². The van der Waals surface area contributed by atoms with E-state index in [0.29, 0.717) is 30.7 Å². The van der Waals surface area contributed by atoms with Crippen molar-refractivity contribution < 1.29 is 12.8 Å². The van der Waals surface area contributed by atoms with Gasteiger partial charge in [-0.25, -0.2) is 8.42 Å². The first kappa shape index (κ1) is 14.6. The Bertz CT molecular complexity index is 524. The Morgan fingerprint density at radius 1 is 1.47 bits per heavy atom. The van der Waals surface area contributed by atoms with Gasteiger partial charge in [0.05, 0.1) is 6.54 Å². The molecule has 0 radical (unpaired) electrons. The van der Waals surface area contributed by atoms with Crippen LogP contribution in [-0.2, 0) is 16.6 Å². The van der Waals surface area contributed by atoms with Gasteiger partial charge in [0, 0.05) is 13.6 Å². The third-order valence-electron chi connectivity index (χ3n) is 3.62. The standard InChI is InChI=1S/C13H22N2O3S/c1-4-14-8-12-5-6-13(18-12)19(16,17)15(3)9-11-7-10(11)2/h5-6,10-11,14H,4,7-9H2,1-3H3. The molecule has 1 aliphatic rings. The van der Waals surface area contributed by atoms with Gasteiger partial charge in [-0.2, -0.15) is 4.31 Å². The molecule has 2 unspecified atom stereocenters. The molecule has 0 amide bonds. The van der Waals surface area contributed by atoms with Crippen molar-refractivity contribution in [2.75, 3.05) is 20.1 Å². The van der Waals surface area contributed by atoms with Crippen LogP contribution in [0.25, 0.3) is 0 Å². The van der Waals surface area contributed by atoms with Gasteiger partial charge in [0.25, 0.3) is 10.0 Å². The van der Waals surface area contributed by atoms with Crippen LogP contribution in [0.3, 0.4) is 0 Å².